The van der Waals surface area contributed by atoms with Gasteiger partial charge in [0.2, 0.25) is 0 Å². The van der Waals surface area contributed by atoms with E-state index >= 15 is 0 Å². The van der Waals surface area contributed by atoms with Crippen LogP contribution in [0, 0.1) is 0 Å². The molecule has 0 atom stereocenters. The molecule has 0 saturated carbocycles. The van der Waals surface area contributed by atoms with E-state index in [0.717, 1.165) is 19.5 Å². The maximum Gasteiger partial charge on any atom is 0.0296 e. The van der Waals surface area contributed by atoms with E-state index < -0.39 is 0 Å². The Labute approximate surface area is 63.9 Å². The van der Waals surface area contributed by atoms with Crippen molar-refractivity contribution in [3.8, 4) is 0 Å². The first-order chi connectivity index (χ1) is 4.72. The van der Waals surface area contributed by atoms with E-state index in [1.165, 1.54) is 5.70 Å². The molecule has 0 unspecified atom stereocenters. The van der Waals surface area contributed by atoms with Gasteiger partial charge >= 0.3 is 0 Å². The van der Waals surface area contributed by atoms with Crippen molar-refractivity contribution in [2.24, 2.45) is 0 Å². The summed E-state index contributed by atoms with van der Waals surface area (Å²) in [6.45, 7) is 8.12. The molecule has 0 aromatic heterocycles. The van der Waals surface area contributed by atoms with Gasteiger partial charge in [-0.05, 0) is 13.5 Å². The van der Waals surface area contributed by atoms with Gasteiger partial charge < -0.3 is 10.2 Å². The molecule has 0 bridgehead atoms. The lowest BCUT2D eigenvalue weighted by Crippen LogP contribution is -2.26. The molecular formula is C8H18N2. The minimum Gasteiger partial charge on any atom is -0.377 e. The first-order valence-corrected chi connectivity index (χ1v) is 3.75. The fourth-order valence-corrected chi connectivity index (χ4v) is 0.708. The summed E-state index contributed by atoms with van der Waals surface area (Å²) in [6, 6.07) is 0. The molecule has 0 fully saturated rings. The van der Waals surface area contributed by atoms with Crippen molar-refractivity contribution >= 4 is 0 Å². The number of allylic oxidation sites excluding steroid dienone is 1. The topological polar surface area (TPSA) is 15.3 Å². The van der Waals surface area contributed by atoms with Gasteiger partial charge in [0.25, 0.3) is 0 Å². The Bertz CT molecular complexity index is 99.4. The second-order valence-corrected chi connectivity index (χ2v) is 2.44. The Morgan fingerprint density at radius 1 is 1.60 bits per heavy atom. The summed E-state index contributed by atoms with van der Waals surface area (Å²) < 4.78 is 0. The van der Waals surface area contributed by atoms with Gasteiger partial charge in [0, 0.05) is 25.8 Å². The molecule has 0 saturated heterocycles. The molecule has 2 nitrogen and oxygen atoms in total. The fraction of sp³-hybridized carbons (Fsp3) is 0.750. The molecule has 1 N–H and O–H groups in total. The molecule has 0 radical (unpaired) electrons. The Morgan fingerprint density at radius 2 is 2.20 bits per heavy atom. The molecule has 0 aromatic rings. The number of likely N-dealkylation sites (N-methyl/N-ethyl adjacent to an activating group) is 2. The average molecular weight is 142 g/mol. The SMILES string of the molecule is C=C(CC)N(C)CCNC. The Hall–Kier alpha value is -0.500. The number of nitrogens with one attached hydrogen (secondary N) is 1. The van der Waals surface area contributed by atoms with Crippen LogP contribution in [0.3, 0.4) is 0 Å². The molecule has 2 heteroatoms. The molecule has 0 spiro atoms. The predicted octanol–water partition coefficient (Wildman–Crippen LogP) is 1.06. The van der Waals surface area contributed by atoms with Gasteiger partial charge in [-0.1, -0.05) is 13.5 Å². The highest BCUT2D eigenvalue weighted by Gasteiger charge is 1.96. The van der Waals surface area contributed by atoms with E-state index in [4.69, 9.17) is 0 Å². The summed E-state index contributed by atoms with van der Waals surface area (Å²) in [5.74, 6) is 0. The number of hydrogen-bond acceptors (Lipinski definition) is 2. The van der Waals surface area contributed by atoms with Crippen LogP contribution in [0.25, 0.3) is 0 Å². The normalized spacial score (nSPS) is 9.50. The van der Waals surface area contributed by atoms with E-state index in [-0.39, 0.29) is 0 Å². The molecule has 0 amide bonds. The van der Waals surface area contributed by atoms with Crippen molar-refractivity contribution < 1.29 is 0 Å². The third-order valence-electron chi connectivity index (χ3n) is 1.65. The lowest BCUT2D eigenvalue weighted by Gasteiger charge is -2.19. The monoisotopic (exact) mass is 142 g/mol. The van der Waals surface area contributed by atoms with Crippen LogP contribution in [0.15, 0.2) is 12.3 Å². The van der Waals surface area contributed by atoms with Gasteiger partial charge in [-0.2, -0.15) is 0 Å². The third kappa shape index (κ3) is 3.51. The third-order valence-corrected chi connectivity index (χ3v) is 1.65. The zero-order chi connectivity index (χ0) is 7.98. The van der Waals surface area contributed by atoms with Crippen LogP contribution in [0.1, 0.15) is 13.3 Å². The highest BCUT2D eigenvalue weighted by atomic mass is 15.1. The van der Waals surface area contributed by atoms with E-state index in [1.807, 2.05) is 7.05 Å². The smallest absolute Gasteiger partial charge is 0.0296 e. The predicted molar refractivity (Wildman–Crippen MR) is 46.0 cm³/mol. The Morgan fingerprint density at radius 3 is 2.60 bits per heavy atom. The second-order valence-electron chi connectivity index (χ2n) is 2.44. The van der Waals surface area contributed by atoms with Crippen molar-refractivity contribution in [2.75, 3.05) is 27.2 Å². The molecule has 0 aliphatic carbocycles. The van der Waals surface area contributed by atoms with Crippen LogP contribution in [0.2, 0.25) is 0 Å². The minimum absolute atomic E-state index is 1.02. The summed E-state index contributed by atoms with van der Waals surface area (Å²) >= 11 is 0. The average Bonchev–Trinajstić information content (AvgIpc) is 1.98. The summed E-state index contributed by atoms with van der Waals surface area (Å²) in [5, 5.41) is 3.09. The molecule has 0 heterocycles. The lowest BCUT2D eigenvalue weighted by molar-refractivity contribution is 0.405. The van der Waals surface area contributed by atoms with Crippen molar-refractivity contribution in [3.05, 3.63) is 12.3 Å². The van der Waals surface area contributed by atoms with E-state index in [0.29, 0.717) is 0 Å². The van der Waals surface area contributed by atoms with Gasteiger partial charge in [0.15, 0.2) is 0 Å². The standard InChI is InChI=1S/C8H18N2/c1-5-8(2)10(4)7-6-9-3/h9H,2,5-7H2,1,3-4H3. The first-order valence-electron chi connectivity index (χ1n) is 3.75. The van der Waals surface area contributed by atoms with Crippen LogP contribution in [-0.2, 0) is 0 Å². The molecule has 0 rings (SSSR count). The van der Waals surface area contributed by atoms with Crippen molar-refractivity contribution in [1.29, 1.82) is 0 Å². The molecule has 0 aromatic carbocycles. The zero-order valence-electron chi connectivity index (χ0n) is 7.28. The van der Waals surface area contributed by atoms with Crippen LogP contribution < -0.4 is 5.32 Å². The molecule has 60 valence electrons. The molecule has 10 heavy (non-hydrogen) atoms. The number of nitrogens with zero attached hydrogens (tertiary/aromatic N) is 1. The van der Waals surface area contributed by atoms with Crippen molar-refractivity contribution in [2.45, 2.75) is 13.3 Å². The summed E-state index contributed by atoms with van der Waals surface area (Å²) in [4.78, 5) is 2.18. The maximum atomic E-state index is 3.92. The van der Waals surface area contributed by atoms with E-state index in [9.17, 15) is 0 Å². The van der Waals surface area contributed by atoms with Crippen LogP contribution in [-0.4, -0.2) is 32.1 Å². The number of hydrogen-bond donors (Lipinski definition) is 1. The Balaban J connectivity index is 3.41. The van der Waals surface area contributed by atoms with Crippen molar-refractivity contribution in [1.82, 2.24) is 10.2 Å². The van der Waals surface area contributed by atoms with Crippen LogP contribution in [0.5, 0.6) is 0 Å². The summed E-state index contributed by atoms with van der Waals surface area (Å²) in [6.07, 6.45) is 1.04. The van der Waals surface area contributed by atoms with Gasteiger partial charge in [-0.3, -0.25) is 0 Å². The maximum absolute atomic E-state index is 3.92. The zero-order valence-corrected chi connectivity index (χ0v) is 7.28. The second kappa shape index (κ2) is 5.30. The fourth-order valence-electron chi connectivity index (χ4n) is 0.708. The Kier molecular flexibility index (Phi) is 5.03. The largest absolute Gasteiger partial charge is 0.377 e. The molecular weight excluding hydrogens is 124 g/mol. The first kappa shape index (κ1) is 9.50. The van der Waals surface area contributed by atoms with Gasteiger partial charge in [0.1, 0.15) is 0 Å². The molecule has 0 aliphatic rings. The minimum atomic E-state index is 1.02. The van der Waals surface area contributed by atoms with Crippen molar-refractivity contribution in [3.63, 3.8) is 0 Å². The van der Waals surface area contributed by atoms with Crippen LogP contribution in [0.4, 0.5) is 0 Å². The highest BCUT2D eigenvalue weighted by Crippen LogP contribution is 2.00. The van der Waals surface area contributed by atoms with Gasteiger partial charge in [0.05, 0.1) is 0 Å². The summed E-state index contributed by atoms with van der Waals surface area (Å²) in [7, 11) is 4.03. The van der Waals surface area contributed by atoms with Gasteiger partial charge in [-0.15, -0.1) is 0 Å². The highest BCUT2D eigenvalue weighted by molar-refractivity contribution is 4.90. The van der Waals surface area contributed by atoms with E-state index in [2.05, 4.69) is 30.8 Å². The van der Waals surface area contributed by atoms with Crippen LogP contribution >= 0.6 is 0 Å². The summed E-state index contributed by atoms with van der Waals surface area (Å²) in [5.41, 5.74) is 1.20. The quantitative estimate of drug-likeness (QED) is 0.617. The van der Waals surface area contributed by atoms with Gasteiger partial charge in [-0.25, -0.2) is 0 Å². The number of rotatable bonds is 5. The molecule has 0 aliphatic heterocycles. The lowest BCUT2D eigenvalue weighted by atomic mass is 10.3. The van der Waals surface area contributed by atoms with E-state index in [1.54, 1.807) is 0 Å².